The molecule has 0 bridgehead atoms. The Hall–Kier alpha value is -5.28. The van der Waals surface area contributed by atoms with E-state index < -0.39 is 24.3 Å². The van der Waals surface area contributed by atoms with Crippen molar-refractivity contribution in [3.8, 4) is 11.1 Å². The fourth-order valence-corrected chi connectivity index (χ4v) is 4.89. The number of aryl methyl sites for hydroxylation is 2. The minimum atomic E-state index is -5.08. The summed E-state index contributed by atoms with van der Waals surface area (Å²) in [4.78, 5) is 52.1. The summed E-state index contributed by atoms with van der Waals surface area (Å²) >= 11 is 0. The number of para-hydroxylation sites is 2. The maximum absolute atomic E-state index is 13.2. The van der Waals surface area contributed by atoms with E-state index >= 15 is 0 Å². The van der Waals surface area contributed by atoms with Crippen LogP contribution in [0.1, 0.15) is 76.4 Å². The third kappa shape index (κ3) is 14.5. The van der Waals surface area contributed by atoms with E-state index in [4.69, 9.17) is 24.8 Å². The van der Waals surface area contributed by atoms with Crippen LogP contribution in [0, 0.1) is 0 Å². The third-order valence-electron chi connectivity index (χ3n) is 7.52. The van der Waals surface area contributed by atoms with E-state index in [-0.39, 0.29) is 11.9 Å². The zero-order chi connectivity index (χ0) is 38.9. The highest BCUT2D eigenvalue weighted by atomic mass is 19.4. The molecular formula is C36H40F6N4O6. The number of rotatable bonds is 14. The lowest BCUT2D eigenvalue weighted by Crippen LogP contribution is -2.30. The van der Waals surface area contributed by atoms with Crippen molar-refractivity contribution in [1.82, 2.24) is 19.9 Å². The molecule has 1 amide bonds. The first kappa shape index (κ1) is 42.9. The number of amides is 1. The third-order valence-corrected chi connectivity index (χ3v) is 7.52. The Kier molecular flexibility index (Phi) is 16.9. The minimum absolute atomic E-state index is 0.00269. The smallest absolute Gasteiger partial charge is 0.475 e. The molecule has 0 radical (unpaired) electrons. The largest absolute Gasteiger partial charge is 0.490 e. The molecular weight excluding hydrogens is 698 g/mol. The fourth-order valence-electron chi connectivity index (χ4n) is 4.89. The van der Waals surface area contributed by atoms with E-state index in [0.29, 0.717) is 31.6 Å². The number of carboxylic acid groups (broad SMARTS) is 2. The molecule has 0 aliphatic heterocycles. The summed E-state index contributed by atoms with van der Waals surface area (Å²) in [6, 6.07) is 22.2. The van der Waals surface area contributed by atoms with Crippen LogP contribution in [0.15, 0.2) is 72.9 Å². The van der Waals surface area contributed by atoms with Gasteiger partial charge in [-0.05, 0) is 48.2 Å². The van der Waals surface area contributed by atoms with Crippen LogP contribution >= 0.6 is 0 Å². The predicted octanol–water partition coefficient (Wildman–Crippen LogP) is 8.10. The molecule has 0 aliphatic rings. The lowest BCUT2D eigenvalue weighted by atomic mass is 9.99. The van der Waals surface area contributed by atoms with E-state index in [2.05, 4.69) is 46.1 Å². The molecule has 10 nitrogen and oxygen atoms in total. The van der Waals surface area contributed by atoms with Crippen molar-refractivity contribution < 1.29 is 55.7 Å². The number of imidazole rings is 1. The highest BCUT2D eigenvalue weighted by Gasteiger charge is 2.38. The number of nitrogens with zero attached hydrogens (tertiary/aromatic N) is 3. The molecule has 16 heteroatoms. The molecule has 2 aromatic heterocycles. The van der Waals surface area contributed by atoms with Crippen molar-refractivity contribution in [1.29, 1.82) is 0 Å². The van der Waals surface area contributed by atoms with Crippen LogP contribution in [0.2, 0.25) is 0 Å². The molecule has 0 saturated carbocycles. The summed E-state index contributed by atoms with van der Waals surface area (Å²) in [5.41, 5.74) is 5.10. The van der Waals surface area contributed by atoms with Crippen molar-refractivity contribution in [3.63, 3.8) is 0 Å². The van der Waals surface area contributed by atoms with Gasteiger partial charge in [-0.1, -0.05) is 69.2 Å². The number of benzene rings is 2. The molecule has 282 valence electrons. The van der Waals surface area contributed by atoms with Crippen LogP contribution in [0.5, 0.6) is 0 Å². The minimum Gasteiger partial charge on any atom is -0.475 e. The Balaban J connectivity index is 0.000000564. The van der Waals surface area contributed by atoms with Gasteiger partial charge in [0.25, 0.3) is 0 Å². The summed E-state index contributed by atoms with van der Waals surface area (Å²) in [6.07, 6.45) is -2.38. The van der Waals surface area contributed by atoms with E-state index in [9.17, 15) is 35.9 Å². The quantitative estimate of drug-likeness (QED) is 0.0867. The maximum Gasteiger partial charge on any atom is 0.490 e. The van der Waals surface area contributed by atoms with E-state index in [0.717, 1.165) is 65.8 Å². The topological polar surface area (TPSA) is 151 Å². The number of aliphatic carboxylic acids is 2. The number of carboxylic acids is 2. The molecule has 52 heavy (non-hydrogen) atoms. The number of ketones is 1. The van der Waals surface area contributed by atoms with E-state index in [1.807, 2.05) is 55.6 Å². The number of fused-ring (bicyclic) bond motifs is 1. The lowest BCUT2D eigenvalue weighted by Gasteiger charge is -2.20. The van der Waals surface area contributed by atoms with E-state index in [1.54, 1.807) is 0 Å². The zero-order valence-corrected chi connectivity index (χ0v) is 28.5. The summed E-state index contributed by atoms with van der Waals surface area (Å²) in [7, 11) is 0. The molecule has 0 saturated heterocycles. The first-order chi connectivity index (χ1) is 24.5. The van der Waals surface area contributed by atoms with Gasteiger partial charge in [-0.2, -0.15) is 26.3 Å². The summed E-state index contributed by atoms with van der Waals surface area (Å²) in [6.45, 7) is 4.58. The highest BCUT2D eigenvalue weighted by Crippen LogP contribution is 2.25. The van der Waals surface area contributed by atoms with Crippen LogP contribution in [0.25, 0.3) is 22.2 Å². The number of pyridine rings is 1. The van der Waals surface area contributed by atoms with Crippen molar-refractivity contribution in [2.45, 2.75) is 90.2 Å². The Bertz CT molecular complexity index is 1740. The van der Waals surface area contributed by atoms with Gasteiger partial charge in [-0.25, -0.2) is 14.6 Å². The van der Waals surface area contributed by atoms with Gasteiger partial charge in [-0.3, -0.25) is 14.6 Å². The number of Topliss-reactive ketones (excluding diaryl/α,β-unsaturated/α-hetero) is 1. The normalized spacial score (nSPS) is 11.8. The van der Waals surface area contributed by atoms with Gasteiger partial charge in [-0.15, -0.1) is 0 Å². The molecule has 2 heterocycles. The lowest BCUT2D eigenvalue weighted by molar-refractivity contribution is -0.193. The van der Waals surface area contributed by atoms with Gasteiger partial charge in [0.2, 0.25) is 5.91 Å². The van der Waals surface area contributed by atoms with Crippen molar-refractivity contribution in [3.05, 3.63) is 84.4 Å². The van der Waals surface area contributed by atoms with Gasteiger partial charge >= 0.3 is 24.3 Å². The molecule has 4 rings (SSSR count). The number of alkyl halides is 6. The van der Waals surface area contributed by atoms with Crippen LogP contribution in [0.3, 0.4) is 0 Å². The van der Waals surface area contributed by atoms with Gasteiger partial charge in [0, 0.05) is 38.4 Å². The monoisotopic (exact) mass is 738 g/mol. The molecule has 0 unspecified atom stereocenters. The first-order valence-corrected chi connectivity index (χ1v) is 16.3. The number of nitrogens with one attached hydrogen (secondary N) is 1. The average molecular weight is 739 g/mol. The highest BCUT2D eigenvalue weighted by molar-refractivity contribution is 5.79. The van der Waals surface area contributed by atoms with Gasteiger partial charge < -0.3 is 20.1 Å². The van der Waals surface area contributed by atoms with Crippen molar-refractivity contribution in [2.75, 3.05) is 0 Å². The number of aromatic nitrogens is 3. The second-order valence-electron chi connectivity index (χ2n) is 11.3. The summed E-state index contributed by atoms with van der Waals surface area (Å²) in [5.74, 6) is -4.21. The standard InChI is InChI=1S/C32H38N4O2.2C2HF3O2/c1-3-26(37)15-9-6-10-16-27(29-23-25(19-21-33-29)24-13-7-5-8-14-24)35-32(38)20-22-36-30-18-12-11-17-28(30)34-31(36)4-2;2*3-2(4,5)1(6)7/h5,7-8,11-14,17-19,21,23,27H,3-4,6,9-10,15-16,20,22H2,1-2H3,(H,35,38);2*(H,6,7)/t27-;;/m0../s1. The second-order valence-corrected chi connectivity index (χ2v) is 11.3. The summed E-state index contributed by atoms with van der Waals surface area (Å²) < 4.78 is 65.6. The molecule has 1 atom stereocenters. The Morgan fingerprint density at radius 3 is 1.96 bits per heavy atom. The number of halogens is 6. The van der Waals surface area contributed by atoms with Gasteiger partial charge in [0.15, 0.2) is 0 Å². The molecule has 2 aromatic carbocycles. The van der Waals surface area contributed by atoms with Crippen molar-refractivity contribution in [2.24, 2.45) is 0 Å². The SMILES string of the molecule is CCC(=O)CCCCC[C@H](NC(=O)CCn1c(CC)nc2ccccc21)c1cc(-c2ccccc2)ccn1.O=C(O)C(F)(F)F.O=C(O)C(F)(F)F. The number of carbonyl (C=O) groups is 4. The van der Waals surface area contributed by atoms with Gasteiger partial charge in [0.05, 0.1) is 22.8 Å². The van der Waals surface area contributed by atoms with E-state index in [1.165, 1.54) is 0 Å². The fraction of sp³-hybridized carbons (Fsp3) is 0.389. The van der Waals surface area contributed by atoms with Crippen molar-refractivity contribution >= 4 is 34.7 Å². The second kappa shape index (κ2) is 20.5. The number of carbonyl (C=O) groups excluding carboxylic acids is 2. The molecule has 4 aromatic rings. The Morgan fingerprint density at radius 2 is 1.38 bits per heavy atom. The number of unbranched alkanes of at least 4 members (excludes halogenated alkanes) is 2. The van der Waals surface area contributed by atoms with Crippen LogP contribution in [-0.2, 0) is 32.1 Å². The van der Waals surface area contributed by atoms with Crippen LogP contribution in [0.4, 0.5) is 26.3 Å². The molecule has 0 fully saturated rings. The molecule has 0 spiro atoms. The van der Waals surface area contributed by atoms with Crippen LogP contribution < -0.4 is 5.32 Å². The Labute approximate surface area is 295 Å². The predicted molar refractivity (Wildman–Crippen MR) is 180 cm³/mol. The Morgan fingerprint density at radius 1 is 0.788 bits per heavy atom. The number of hydrogen-bond donors (Lipinski definition) is 3. The molecule has 3 N–H and O–H groups in total. The van der Waals surface area contributed by atoms with Crippen LogP contribution in [-0.4, -0.2) is 60.7 Å². The summed E-state index contributed by atoms with van der Waals surface area (Å²) in [5, 5.41) is 17.5. The van der Waals surface area contributed by atoms with Gasteiger partial charge in [0.1, 0.15) is 11.6 Å². The molecule has 0 aliphatic carbocycles. The average Bonchev–Trinajstić information content (AvgIpc) is 3.47. The maximum atomic E-state index is 13.2. The first-order valence-electron chi connectivity index (χ1n) is 16.3. The number of hydrogen-bond acceptors (Lipinski definition) is 6. The zero-order valence-electron chi connectivity index (χ0n) is 28.5.